The summed E-state index contributed by atoms with van der Waals surface area (Å²) in [5.41, 5.74) is 2.46. The summed E-state index contributed by atoms with van der Waals surface area (Å²) in [4.78, 5) is 16.0. The molecule has 4 heteroatoms. The first-order valence-electron chi connectivity index (χ1n) is 5.78. The van der Waals surface area contributed by atoms with Gasteiger partial charge in [-0.2, -0.15) is 0 Å². The maximum Gasteiger partial charge on any atom is 0.337 e. The Bertz CT molecular complexity index is 558. The number of rotatable bonds is 3. The zero-order valence-electron chi connectivity index (χ0n) is 10.4. The molecular weight excluding hydrogens is 216 g/mol. The topological polar surface area (TPSA) is 44.1 Å². The van der Waals surface area contributed by atoms with Crippen LogP contribution in [-0.4, -0.2) is 22.6 Å². The normalized spacial score (nSPS) is 10.8. The first-order chi connectivity index (χ1) is 8.21. The second-order valence-corrected chi connectivity index (χ2v) is 3.82. The molecule has 0 bridgehead atoms. The Morgan fingerprint density at radius 3 is 2.76 bits per heavy atom. The molecule has 0 amide bonds. The number of carbonyl (C=O) groups excluding carboxylic acids is 1. The van der Waals surface area contributed by atoms with E-state index in [-0.39, 0.29) is 5.97 Å². The molecule has 0 aliphatic heterocycles. The van der Waals surface area contributed by atoms with E-state index in [4.69, 9.17) is 4.74 Å². The molecule has 2 rings (SSSR count). The standard InChI is InChI=1S/C13H16N2O2/c1-4-12-14-10-8-9(13(16)17-3)6-7-11(10)15(12)5-2/h6-8H,4-5H2,1-3H3. The molecule has 0 spiro atoms. The third kappa shape index (κ3) is 1.90. The zero-order valence-corrected chi connectivity index (χ0v) is 10.4. The number of benzene rings is 1. The number of aryl methyl sites for hydroxylation is 2. The summed E-state index contributed by atoms with van der Waals surface area (Å²) in [7, 11) is 1.38. The van der Waals surface area contributed by atoms with Crippen LogP contribution in [0.3, 0.4) is 0 Å². The summed E-state index contributed by atoms with van der Waals surface area (Å²) in [5.74, 6) is 0.723. The molecule has 17 heavy (non-hydrogen) atoms. The van der Waals surface area contributed by atoms with Crippen LogP contribution in [0.25, 0.3) is 11.0 Å². The fraction of sp³-hybridized carbons (Fsp3) is 0.385. The van der Waals surface area contributed by atoms with E-state index in [0.29, 0.717) is 5.56 Å². The van der Waals surface area contributed by atoms with Crippen molar-refractivity contribution in [2.75, 3.05) is 7.11 Å². The highest BCUT2D eigenvalue weighted by molar-refractivity contribution is 5.93. The highest BCUT2D eigenvalue weighted by atomic mass is 16.5. The van der Waals surface area contributed by atoms with Crippen molar-refractivity contribution in [2.45, 2.75) is 26.8 Å². The van der Waals surface area contributed by atoms with Gasteiger partial charge in [0.1, 0.15) is 5.82 Å². The minimum atomic E-state index is -0.323. The van der Waals surface area contributed by atoms with Gasteiger partial charge in [-0.1, -0.05) is 6.92 Å². The van der Waals surface area contributed by atoms with Crippen LogP contribution in [0.4, 0.5) is 0 Å². The monoisotopic (exact) mass is 232 g/mol. The quantitative estimate of drug-likeness (QED) is 0.763. The van der Waals surface area contributed by atoms with Crippen LogP contribution in [0.1, 0.15) is 30.0 Å². The minimum absolute atomic E-state index is 0.323. The highest BCUT2D eigenvalue weighted by Crippen LogP contribution is 2.18. The van der Waals surface area contributed by atoms with Gasteiger partial charge in [0.15, 0.2) is 0 Å². The first kappa shape index (κ1) is 11.6. The molecule has 0 fully saturated rings. The summed E-state index contributed by atoms with van der Waals surface area (Å²) in [6.07, 6.45) is 0.885. The van der Waals surface area contributed by atoms with E-state index in [1.807, 2.05) is 6.07 Å². The molecule has 2 aromatic rings. The Kier molecular flexibility index (Phi) is 3.13. The lowest BCUT2D eigenvalue weighted by Crippen LogP contribution is -2.01. The van der Waals surface area contributed by atoms with Gasteiger partial charge >= 0.3 is 5.97 Å². The number of hydrogen-bond donors (Lipinski definition) is 0. The van der Waals surface area contributed by atoms with E-state index in [2.05, 4.69) is 23.4 Å². The van der Waals surface area contributed by atoms with Crippen molar-refractivity contribution >= 4 is 17.0 Å². The van der Waals surface area contributed by atoms with Crippen LogP contribution in [0, 0.1) is 0 Å². The van der Waals surface area contributed by atoms with E-state index in [0.717, 1.165) is 29.8 Å². The van der Waals surface area contributed by atoms with Crippen molar-refractivity contribution in [1.82, 2.24) is 9.55 Å². The van der Waals surface area contributed by atoms with Gasteiger partial charge in [0.2, 0.25) is 0 Å². The predicted octanol–water partition coefficient (Wildman–Crippen LogP) is 2.41. The van der Waals surface area contributed by atoms with Gasteiger partial charge in [-0.25, -0.2) is 9.78 Å². The van der Waals surface area contributed by atoms with Crippen LogP contribution in [-0.2, 0) is 17.7 Å². The molecule has 0 saturated heterocycles. The van der Waals surface area contributed by atoms with Crippen molar-refractivity contribution in [1.29, 1.82) is 0 Å². The molecule has 0 radical (unpaired) electrons. The molecule has 0 unspecified atom stereocenters. The van der Waals surface area contributed by atoms with E-state index >= 15 is 0 Å². The third-order valence-corrected chi connectivity index (χ3v) is 2.88. The lowest BCUT2D eigenvalue weighted by molar-refractivity contribution is 0.0601. The van der Waals surface area contributed by atoms with Gasteiger partial charge in [-0.3, -0.25) is 0 Å². The maximum atomic E-state index is 11.4. The number of esters is 1. The van der Waals surface area contributed by atoms with E-state index < -0.39 is 0 Å². The molecular formula is C13H16N2O2. The van der Waals surface area contributed by atoms with Crippen LogP contribution >= 0.6 is 0 Å². The molecule has 1 aromatic heterocycles. The Hall–Kier alpha value is -1.84. The average Bonchev–Trinajstić information content (AvgIpc) is 2.74. The molecule has 1 aromatic carbocycles. The number of carbonyl (C=O) groups is 1. The SMILES string of the molecule is CCc1nc2cc(C(=O)OC)ccc2n1CC. The van der Waals surface area contributed by atoms with Gasteiger partial charge in [0, 0.05) is 13.0 Å². The van der Waals surface area contributed by atoms with Crippen LogP contribution in [0.15, 0.2) is 18.2 Å². The Morgan fingerprint density at radius 2 is 2.18 bits per heavy atom. The maximum absolute atomic E-state index is 11.4. The van der Waals surface area contributed by atoms with Crippen molar-refractivity contribution in [2.24, 2.45) is 0 Å². The van der Waals surface area contributed by atoms with Gasteiger partial charge in [-0.15, -0.1) is 0 Å². The van der Waals surface area contributed by atoms with E-state index in [1.54, 1.807) is 12.1 Å². The molecule has 0 atom stereocenters. The van der Waals surface area contributed by atoms with Crippen LogP contribution in [0.2, 0.25) is 0 Å². The molecule has 0 saturated carbocycles. The molecule has 0 aliphatic rings. The van der Waals surface area contributed by atoms with Gasteiger partial charge < -0.3 is 9.30 Å². The summed E-state index contributed by atoms with van der Waals surface area (Å²) in [5, 5.41) is 0. The lowest BCUT2D eigenvalue weighted by atomic mass is 10.2. The predicted molar refractivity (Wildman–Crippen MR) is 66.1 cm³/mol. The summed E-state index contributed by atoms with van der Waals surface area (Å²) in [6, 6.07) is 5.49. The summed E-state index contributed by atoms with van der Waals surface area (Å²) in [6.45, 7) is 5.06. The number of ether oxygens (including phenoxy) is 1. The fourth-order valence-corrected chi connectivity index (χ4v) is 2.05. The average molecular weight is 232 g/mol. The largest absolute Gasteiger partial charge is 0.465 e. The fourth-order valence-electron chi connectivity index (χ4n) is 2.05. The molecule has 1 heterocycles. The van der Waals surface area contributed by atoms with Crippen molar-refractivity contribution < 1.29 is 9.53 Å². The number of aromatic nitrogens is 2. The van der Waals surface area contributed by atoms with Crippen molar-refractivity contribution in [3.05, 3.63) is 29.6 Å². The van der Waals surface area contributed by atoms with Gasteiger partial charge in [0.05, 0.1) is 23.7 Å². The van der Waals surface area contributed by atoms with E-state index in [9.17, 15) is 4.79 Å². The van der Waals surface area contributed by atoms with Crippen molar-refractivity contribution in [3.63, 3.8) is 0 Å². The summed E-state index contributed by atoms with van der Waals surface area (Å²) >= 11 is 0. The Labute approximate surface area is 100 Å². The smallest absolute Gasteiger partial charge is 0.337 e. The molecule has 90 valence electrons. The third-order valence-electron chi connectivity index (χ3n) is 2.88. The first-order valence-corrected chi connectivity index (χ1v) is 5.78. The molecule has 0 aliphatic carbocycles. The van der Waals surface area contributed by atoms with Crippen molar-refractivity contribution in [3.8, 4) is 0 Å². The summed E-state index contributed by atoms with van der Waals surface area (Å²) < 4.78 is 6.86. The van der Waals surface area contributed by atoms with E-state index in [1.165, 1.54) is 7.11 Å². The molecule has 0 N–H and O–H groups in total. The lowest BCUT2D eigenvalue weighted by Gasteiger charge is -2.03. The zero-order chi connectivity index (χ0) is 12.4. The highest BCUT2D eigenvalue weighted by Gasteiger charge is 2.11. The van der Waals surface area contributed by atoms with Gasteiger partial charge in [0.25, 0.3) is 0 Å². The number of methoxy groups -OCH3 is 1. The van der Waals surface area contributed by atoms with Gasteiger partial charge in [-0.05, 0) is 25.1 Å². The Morgan fingerprint density at radius 1 is 1.41 bits per heavy atom. The second kappa shape index (κ2) is 4.57. The van der Waals surface area contributed by atoms with Crippen LogP contribution < -0.4 is 0 Å². The second-order valence-electron chi connectivity index (χ2n) is 3.82. The number of fused-ring (bicyclic) bond motifs is 1. The molecule has 4 nitrogen and oxygen atoms in total. The Balaban J connectivity index is 2.59. The minimum Gasteiger partial charge on any atom is -0.465 e. The number of imidazole rings is 1. The number of hydrogen-bond acceptors (Lipinski definition) is 3. The number of nitrogens with zero attached hydrogens (tertiary/aromatic N) is 2. The van der Waals surface area contributed by atoms with Crippen LogP contribution in [0.5, 0.6) is 0 Å².